The number of rotatable bonds is 5. The number of hydrogen-bond acceptors (Lipinski definition) is 7. The van der Waals surface area contributed by atoms with Gasteiger partial charge in [0.2, 0.25) is 0 Å². The SMILES string of the molecule is CC(=O)O[C@H](CC(=O)O)C[N+](C)(C)C.O=P([O-])([O-])[O-]. The van der Waals surface area contributed by atoms with Crippen LogP contribution in [-0.4, -0.2) is 55.3 Å². The predicted octanol–water partition coefficient (Wildman–Crippen LogP) is -2.73. The van der Waals surface area contributed by atoms with Crippen LogP contribution < -0.4 is 14.7 Å². The number of carbonyl (C=O) groups is 2. The van der Waals surface area contributed by atoms with E-state index in [2.05, 4.69) is 0 Å². The van der Waals surface area contributed by atoms with Gasteiger partial charge in [0.05, 0.1) is 27.6 Å². The molecule has 114 valence electrons. The van der Waals surface area contributed by atoms with Gasteiger partial charge in [0.25, 0.3) is 0 Å². The van der Waals surface area contributed by atoms with Crippen LogP contribution in [0.1, 0.15) is 13.3 Å². The Bertz CT molecular complexity index is 320. The molecule has 0 spiro atoms. The van der Waals surface area contributed by atoms with Crippen LogP contribution in [0, 0.1) is 0 Å². The van der Waals surface area contributed by atoms with E-state index in [1.807, 2.05) is 21.1 Å². The molecule has 0 rings (SSSR count). The zero-order chi connectivity index (χ0) is 15.9. The minimum absolute atomic E-state index is 0.144. The number of ether oxygens (including phenoxy) is 1. The highest BCUT2D eigenvalue weighted by Crippen LogP contribution is 2.05. The van der Waals surface area contributed by atoms with Crippen LogP contribution in [0.25, 0.3) is 0 Å². The van der Waals surface area contributed by atoms with E-state index in [1.165, 1.54) is 6.92 Å². The van der Waals surface area contributed by atoms with Gasteiger partial charge in [-0.2, -0.15) is 7.82 Å². The largest absolute Gasteiger partial charge is 0.822 e. The quantitative estimate of drug-likeness (QED) is 0.326. The summed E-state index contributed by atoms with van der Waals surface area (Å²) in [5.74, 6) is -1.39. The van der Waals surface area contributed by atoms with Gasteiger partial charge in [-0.3, -0.25) is 9.59 Å². The molecule has 0 aliphatic carbocycles. The Morgan fingerprint density at radius 3 is 1.84 bits per heavy atom. The zero-order valence-corrected chi connectivity index (χ0v) is 12.1. The molecule has 0 aliphatic rings. The van der Waals surface area contributed by atoms with Crippen molar-refractivity contribution in [1.29, 1.82) is 0 Å². The molecule has 10 heteroatoms. The maximum absolute atomic E-state index is 10.7. The first-order valence-corrected chi connectivity index (χ1v) is 6.59. The van der Waals surface area contributed by atoms with Gasteiger partial charge in [-0.1, -0.05) is 0 Å². The van der Waals surface area contributed by atoms with Crippen LogP contribution >= 0.6 is 7.82 Å². The number of esters is 1. The number of carbonyl (C=O) groups excluding carboxylic acids is 1. The summed E-state index contributed by atoms with van der Waals surface area (Å²) >= 11 is 0. The molecule has 0 saturated carbocycles. The number of likely N-dealkylation sites (N-methyl/N-ethyl adjacent to an activating group) is 1. The van der Waals surface area contributed by atoms with Crippen molar-refractivity contribution in [3.63, 3.8) is 0 Å². The van der Waals surface area contributed by atoms with Gasteiger partial charge in [-0.05, 0) is 0 Å². The van der Waals surface area contributed by atoms with Gasteiger partial charge in [-0.15, -0.1) is 0 Å². The fourth-order valence-electron chi connectivity index (χ4n) is 1.18. The Balaban J connectivity index is 0. The van der Waals surface area contributed by atoms with E-state index in [0.717, 1.165) is 0 Å². The van der Waals surface area contributed by atoms with E-state index in [9.17, 15) is 9.59 Å². The van der Waals surface area contributed by atoms with Crippen molar-refractivity contribution in [2.75, 3.05) is 27.7 Å². The van der Waals surface area contributed by atoms with E-state index >= 15 is 0 Å². The van der Waals surface area contributed by atoms with Crippen molar-refractivity contribution in [3.05, 3.63) is 0 Å². The van der Waals surface area contributed by atoms with Crippen molar-refractivity contribution >= 4 is 19.8 Å². The van der Waals surface area contributed by atoms with Gasteiger partial charge in [-0.25, -0.2) is 0 Å². The third-order valence-electron chi connectivity index (χ3n) is 1.49. The summed E-state index contributed by atoms with van der Waals surface area (Å²) < 4.78 is 14.0. The Labute approximate surface area is 111 Å². The van der Waals surface area contributed by atoms with Crippen molar-refractivity contribution < 1.29 is 43.2 Å². The summed E-state index contributed by atoms with van der Waals surface area (Å²) in [6, 6.07) is 0. The lowest BCUT2D eigenvalue weighted by molar-refractivity contribution is -0.873. The lowest BCUT2D eigenvalue weighted by atomic mass is 10.2. The zero-order valence-electron chi connectivity index (χ0n) is 11.2. The molecular weight excluding hydrogens is 281 g/mol. The maximum atomic E-state index is 10.7. The molecule has 9 nitrogen and oxygen atoms in total. The lowest BCUT2D eigenvalue weighted by Crippen LogP contribution is -2.43. The van der Waals surface area contributed by atoms with Gasteiger partial charge >= 0.3 is 11.9 Å². The number of quaternary nitrogens is 1. The molecule has 1 atom stereocenters. The molecule has 0 bridgehead atoms. The fourth-order valence-corrected chi connectivity index (χ4v) is 1.18. The Kier molecular flexibility index (Phi) is 8.81. The van der Waals surface area contributed by atoms with Crippen molar-refractivity contribution in [3.8, 4) is 0 Å². The smallest absolute Gasteiger partial charge is 0.307 e. The molecule has 0 aromatic rings. The number of phosphoric acid groups is 1. The maximum Gasteiger partial charge on any atom is 0.307 e. The molecule has 0 fully saturated rings. The summed E-state index contributed by atoms with van der Waals surface area (Å²) in [4.78, 5) is 46.8. The van der Waals surface area contributed by atoms with E-state index in [1.54, 1.807) is 0 Å². The van der Waals surface area contributed by atoms with E-state index in [4.69, 9.17) is 29.1 Å². The number of aliphatic carboxylic acids is 1. The van der Waals surface area contributed by atoms with Gasteiger partial charge < -0.3 is 33.6 Å². The average molecular weight is 299 g/mol. The summed E-state index contributed by atoms with van der Waals surface area (Å²) in [5.41, 5.74) is 0. The molecule has 0 aliphatic heterocycles. The van der Waals surface area contributed by atoms with Crippen LogP contribution in [0.2, 0.25) is 0 Å². The van der Waals surface area contributed by atoms with E-state index in [-0.39, 0.29) is 6.42 Å². The number of carboxylic acid groups (broad SMARTS) is 1. The van der Waals surface area contributed by atoms with Gasteiger partial charge in [0.1, 0.15) is 6.54 Å². The average Bonchev–Trinajstić information content (AvgIpc) is 1.91. The second-order valence-corrected chi connectivity index (χ2v) is 5.64. The van der Waals surface area contributed by atoms with Crippen LogP contribution in [-0.2, 0) is 18.9 Å². The first-order valence-electron chi connectivity index (χ1n) is 5.13. The number of nitrogens with zero attached hydrogens (tertiary/aromatic N) is 1. The Morgan fingerprint density at radius 1 is 1.26 bits per heavy atom. The molecule has 0 radical (unpaired) electrons. The van der Waals surface area contributed by atoms with E-state index in [0.29, 0.717) is 11.0 Å². The molecule has 1 N–H and O–H groups in total. The molecule has 0 aromatic carbocycles. The van der Waals surface area contributed by atoms with Crippen LogP contribution in [0.15, 0.2) is 0 Å². The normalized spacial score (nSPS) is 13.0. The summed E-state index contributed by atoms with van der Waals surface area (Å²) in [5, 5.41) is 8.60. The third kappa shape index (κ3) is 26.6. The molecule has 0 aromatic heterocycles. The Hall–Kier alpha value is -0.990. The minimum Gasteiger partial charge on any atom is -0.822 e. The summed E-state index contributed by atoms with van der Waals surface area (Å²) in [6.45, 7) is 1.77. The standard InChI is InChI=1S/C9H17NO4.H3O4P/c1-7(11)14-8(5-9(12)13)6-10(2,3)4;1-5(2,3)4/h8H,5-6H2,1-4H3;(H3,1,2,3,4)/p-2/t8-;/m1./s1. The van der Waals surface area contributed by atoms with Crippen molar-refractivity contribution in [2.45, 2.75) is 19.4 Å². The first kappa shape index (κ1) is 20.3. The highest BCUT2D eigenvalue weighted by molar-refractivity contribution is 7.40. The first-order chi connectivity index (χ1) is 8.20. The highest BCUT2D eigenvalue weighted by atomic mass is 31.2. The molecule has 0 saturated heterocycles. The predicted molar refractivity (Wildman–Crippen MR) is 58.3 cm³/mol. The van der Waals surface area contributed by atoms with Crippen molar-refractivity contribution in [2.24, 2.45) is 0 Å². The second-order valence-electron chi connectivity index (χ2n) is 4.75. The minimum atomic E-state index is -5.39. The molecular formula is C9H18NO8P-2. The van der Waals surface area contributed by atoms with Crippen molar-refractivity contribution in [1.82, 2.24) is 0 Å². The third-order valence-corrected chi connectivity index (χ3v) is 1.49. The van der Waals surface area contributed by atoms with E-state index < -0.39 is 25.9 Å². The van der Waals surface area contributed by atoms with Gasteiger partial charge in [0.15, 0.2) is 6.10 Å². The molecule has 0 heterocycles. The fraction of sp³-hybridized carbons (Fsp3) is 0.778. The monoisotopic (exact) mass is 299 g/mol. The summed E-state index contributed by atoms with van der Waals surface area (Å²) in [6.07, 6.45) is -0.695. The van der Waals surface area contributed by atoms with Crippen LogP contribution in [0.3, 0.4) is 0 Å². The molecule has 0 unspecified atom stereocenters. The second kappa shape index (κ2) is 8.23. The molecule has 0 amide bonds. The lowest BCUT2D eigenvalue weighted by Gasteiger charge is -2.36. The van der Waals surface area contributed by atoms with Crippen LogP contribution in [0.5, 0.6) is 0 Å². The summed E-state index contributed by atoms with van der Waals surface area (Å²) in [7, 11) is 0.356. The van der Waals surface area contributed by atoms with Crippen LogP contribution in [0.4, 0.5) is 0 Å². The number of hydrogen-bond donors (Lipinski definition) is 1. The topological polar surface area (TPSA) is 150 Å². The number of carboxylic acids is 1. The Morgan fingerprint density at radius 2 is 1.63 bits per heavy atom. The molecule has 19 heavy (non-hydrogen) atoms. The van der Waals surface area contributed by atoms with Gasteiger partial charge in [0, 0.05) is 6.92 Å². The highest BCUT2D eigenvalue weighted by Gasteiger charge is 2.23.